The summed E-state index contributed by atoms with van der Waals surface area (Å²) in [6, 6.07) is 0. The second-order valence-electron chi connectivity index (χ2n) is 5.12. The molecule has 0 aromatic carbocycles. The number of hydrogen-bond donors (Lipinski definition) is 2. The monoisotopic (exact) mass is 202 g/mol. The molecule has 0 saturated carbocycles. The standard InChI is InChI=1S/C10H19NO3/c1-10(2,3)11(9(13)14)6-4-5-8(12)7-11/h8,12H,4-7H2,1-3H3/p+1/t8-,11?/m1/s1. The van der Waals surface area contributed by atoms with Crippen LogP contribution in [0.25, 0.3) is 0 Å². The molecule has 14 heavy (non-hydrogen) atoms. The summed E-state index contributed by atoms with van der Waals surface area (Å²) in [6.07, 6.45) is 0.212. The van der Waals surface area contributed by atoms with Gasteiger partial charge in [-0.25, -0.2) is 4.48 Å². The van der Waals surface area contributed by atoms with Gasteiger partial charge in [0.25, 0.3) is 0 Å². The van der Waals surface area contributed by atoms with E-state index in [1.54, 1.807) is 0 Å². The fourth-order valence-electron chi connectivity index (χ4n) is 2.21. The largest absolute Gasteiger partial charge is 0.514 e. The van der Waals surface area contributed by atoms with Crippen LogP contribution in [0, 0.1) is 0 Å². The van der Waals surface area contributed by atoms with Gasteiger partial charge in [0.05, 0.1) is 6.54 Å². The molecule has 2 atom stereocenters. The molecule has 0 aromatic rings. The molecule has 0 spiro atoms. The first kappa shape index (κ1) is 11.5. The number of carboxylic acid groups (broad SMARTS) is 1. The first-order chi connectivity index (χ1) is 6.29. The molecule has 1 saturated heterocycles. The number of hydrogen-bond acceptors (Lipinski definition) is 2. The predicted octanol–water partition coefficient (Wildman–Crippen LogP) is 1.43. The Balaban J connectivity index is 2.98. The van der Waals surface area contributed by atoms with Crippen molar-refractivity contribution in [1.82, 2.24) is 0 Å². The first-order valence-corrected chi connectivity index (χ1v) is 5.08. The van der Waals surface area contributed by atoms with Gasteiger partial charge in [-0.2, -0.15) is 4.79 Å². The third kappa shape index (κ3) is 1.77. The lowest BCUT2D eigenvalue weighted by Gasteiger charge is -2.46. The summed E-state index contributed by atoms with van der Waals surface area (Å²) < 4.78 is -0.0197. The quantitative estimate of drug-likeness (QED) is 0.584. The molecule has 1 aliphatic rings. The van der Waals surface area contributed by atoms with Crippen molar-refractivity contribution in [2.24, 2.45) is 0 Å². The van der Waals surface area contributed by atoms with E-state index >= 15 is 0 Å². The molecule has 1 fully saturated rings. The molecule has 4 nitrogen and oxygen atoms in total. The summed E-state index contributed by atoms with van der Waals surface area (Å²) in [4.78, 5) is 11.3. The van der Waals surface area contributed by atoms with Gasteiger partial charge in [-0.1, -0.05) is 0 Å². The number of aliphatic hydroxyl groups is 1. The predicted molar refractivity (Wildman–Crippen MR) is 53.0 cm³/mol. The highest BCUT2D eigenvalue weighted by molar-refractivity contribution is 5.57. The van der Waals surface area contributed by atoms with Crippen molar-refractivity contribution >= 4 is 6.09 Å². The van der Waals surface area contributed by atoms with Crippen LogP contribution in [0.1, 0.15) is 33.6 Å². The number of amides is 1. The number of likely N-dealkylation sites (tertiary alicyclic amines) is 1. The maximum atomic E-state index is 11.3. The van der Waals surface area contributed by atoms with E-state index in [4.69, 9.17) is 0 Å². The zero-order chi connectivity index (χ0) is 11.0. The number of aliphatic hydroxyl groups excluding tert-OH is 1. The number of piperidine rings is 1. The summed E-state index contributed by atoms with van der Waals surface area (Å²) >= 11 is 0. The van der Waals surface area contributed by atoms with Crippen molar-refractivity contribution in [3.8, 4) is 0 Å². The maximum Gasteiger partial charge on any atom is 0.514 e. The highest BCUT2D eigenvalue weighted by Crippen LogP contribution is 2.30. The molecule has 0 bridgehead atoms. The minimum Gasteiger partial charge on any atom is -0.435 e. The van der Waals surface area contributed by atoms with Crippen LogP contribution in [0.5, 0.6) is 0 Å². The van der Waals surface area contributed by atoms with Gasteiger partial charge in [-0.05, 0) is 33.6 Å². The highest BCUT2D eigenvalue weighted by Gasteiger charge is 2.50. The molecule has 82 valence electrons. The Hall–Kier alpha value is -0.610. The molecule has 0 radical (unpaired) electrons. The van der Waals surface area contributed by atoms with Crippen LogP contribution in [0.3, 0.4) is 0 Å². The smallest absolute Gasteiger partial charge is 0.435 e. The van der Waals surface area contributed by atoms with Gasteiger partial charge in [0, 0.05) is 0 Å². The zero-order valence-corrected chi connectivity index (χ0v) is 9.16. The maximum absolute atomic E-state index is 11.3. The van der Waals surface area contributed by atoms with E-state index in [1.165, 1.54) is 0 Å². The van der Waals surface area contributed by atoms with Crippen molar-refractivity contribution < 1.29 is 19.5 Å². The first-order valence-electron chi connectivity index (χ1n) is 5.08. The lowest BCUT2D eigenvalue weighted by Crippen LogP contribution is -2.67. The van der Waals surface area contributed by atoms with Crippen LogP contribution >= 0.6 is 0 Å². The third-order valence-electron chi connectivity index (χ3n) is 3.25. The molecule has 0 aromatic heterocycles. The van der Waals surface area contributed by atoms with Crippen LogP contribution in [0.4, 0.5) is 4.79 Å². The van der Waals surface area contributed by atoms with Crippen molar-refractivity contribution in [3.63, 3.8) is 0 Å². The molecule has 1 amide bonds. The molecule has 1 heterocycles. The van der Waals surface area contributed by atoms with Crippen LogP contribution in [0.2, 0.25) is 0 Å². The molecular formula is C10H20NO3+. The lowest BCUT2D eigenvalue weighted by molar-refractivity contribution is -0.911. The normalized spacial score (nSPS) is 34.1. The SMILES string of the molecule is CC(C)(C)[N+]1(C(=O)O)CCC[C@@H](O)C1. The summed E-state index contributed by atoms with van der Waals surface area (Å²) in [5.41, 5.74) is -0.354. The average molecular weight is 202 g/mol. The van der Waals surface area contributed by atoms with Gasteiger partial charge >= 0.3 is 6.09 Å². The Bertz CT molecular complexity index is 234. The fraction of sp³-hybridized carbons (Fsp3) is 0.900. The van der Waals surface area contributed by atoms with Gasteiger partial charge in [-0.15, -0.1) is 0 Å². The van der Waals surface area contributed by atoms with Crippen LogP contribution in [-0.4, -0.2) is 45.5 Å². The van der Waals surface area contributed by atoms with E-state index in [-0.39, 0.29) is 10.0 Å². The Labute approximate surface area is 84.7 Å². The van der Waals surface area contributed by atoms with Crippen LogP contribution in [-0.2, 0) is 0 Å². The minimum atomic E-state index is -0.823. The van der Waals surface area contributed by atoms with Gasteiger partial charge in [0.1, 0.15) is 18.2 Å². The molecule has 1 unspecified atom stereocenters. The number of quaternary nitrogens is 1. The fourth-order valence-corrected chi connectivity index (χ4v) is 2.21. The van der Waals surface area contributed by atoms with E-state index in [1.807, 2.05) is 20.8 Å². The molecule has 1 rings (SSSR count). The van der Waals surface area contributed by atoms with Crippen molar-refractivity contribution in [3.05, 3.63) is 0 Å². The summed E-state index contributed by atoms with van der Waals surface area (Å²) in [7, 11) is 0. The van der Waals surface area contributed by atoms with E-state index in [0.717, 1.165) is 12.8 Å². The highest BCUT2D eigenvalue weighted by atomic mass is 16.4. The number of carbonyl (C=O) groups is 1. The zero-order valence-electron chi connectivity index (χ0n) is 9.16. The van der Waals surface area contributed by atoms with Gasteiger partial charge in [0.2, 0.25) is 0 Å². The summed E-state index contributed by atoms with van der Waals surface area (Å²) in [5.74, 6) is 0. The Morgan fingerprint density at radius 2 is 2.00 bits per heavy atom. The van der Waals surface area contributed by atoms with Crippen molar-refractivity contribution in [2.75, 3.05) is 13.1 Å². The third-order valence-corrected chi connectivity index (χ3v) is 3.25. The van der Waals surface area contributed by atoms with E-state index in [9.17, 15) is 15.0 Å². The lowest BCUT2D eigenvalue weighted by atomic mass is 9.95. The molecule has 1 aliphatic heterocycles. The average Bonchev–Trinajstić information content (AvgIpc) is 2.01. The summed E-state index contributed by atoms with van der Waals surface area (Å²) in [6.45, 7) is 6.70. The van der Waals surface area contributed by atoms with Crippen molar-refractivity contribution in [1.29, 1.82) is 0 Å². The van der Waals surface area contributed by atoms with E-state index < -0.39 is 12.2 Å². The number of rotatable bonds is 0. The van der Waals surface area contributed by atoms with Gasteiger partial charge in [-0.3, -0.25) is 0 Å². The second kappa shape index (κ2) is 3.51. The molecule has 0 aliphatic carbocycles. The van der Waals surface area contributed by atoms with Crippen LogP contribution < -0.4 is 0 Å². The minimum absolute atomic E-state index is 0.0197. The summed E-state index contributed by atoms with van der Waals surface area (Å²) in [5, 5.41) is 18.9. The molecular weight excluding hydrogens is 182 g/mol. The van der Waals surface area contributed by atoms with E-state index in [0.29, 0.717) is 13.1 Å². The van der Waals surface area contributed by atoms with Gasteiger partial charge < -0.3 is 10.2 Å². The Morgan fingerprint density at radius 1 is 1.43 bits per heavy atom. The molecule has 4 heteroatoms. The second-order valence-corrected chi connectivity index (χ2v) is 5.12. The Morgan fingerprint density at radius 3 is 2.29 bits per heavy atom. The van der Waals surface area contributed by atoms with Crippen molar-refractivity contribution in [2.45, 2.75) is 45.3 Å². The molecule has 2 N–H and O–H groups in total. The van der Waals surface area contributed by atoms with E-state index in [2.05, 4.69) is 0 Å². The Kier molecular flexibility index (Phi) is 2.88. The van der Waals surface area contributed by atoms with Crippen LogP contribution in [0.15, 0.2) is 0 Å². The van der Waals surface area contributed by atoms with Gasteiger partial charge in [0.15, 0.2) is 0 Å². The topological polar surface area (TPSA) is 57.5 Å². The number of nitrogens with zero attached hydrogens (tertiary/aromatic N) is 1.